The monoisotopic (exact) mass is 222 g/mol. The highest BCUT2D eigenvalue weighted by Gasteiger charge is 2.17. The molecule has 0 aliphatic rings. The van der Waals surface area contributed by atoms with Crippen molar-refractivity contribution in [2.45, 2.75) is 20.3 Å². The third-order valence-electron chi connectivity index (χ3n) is 1.64. The molecule has 1 heterocycles. The molecule has 0 unspecified atom stereocenters. The molecule has 0 aliphatic heterocycles. The average molecular weight is 223 g/mol. The van der Waals surface area contributed by atoms with Gasteiger partial charge in [0.15, 0.2) is 0 Å². The van der Waals surface area contributed by atoms with Gasteiger partial charge in [0.2, 0.25) is 0 Å². The van der Waals surface area contributed by atoms with E-state index in [2.05, 4.69) is 19.9 Å². The van der Waals surface area contributed by atoms with Crippen molar-refractivity contribution in [3.8, 4) is 0 Å². The zero-order chi connectivity index (χ0) is 9.19. The second-order valence-electron chi connectivity index (χ2n) is 3.68. The summed E-state index contributed by atoms with van der Waals surface area (Å²) in [5.41, 5.74) is 0.176. The lowest BCUT2D eigenvalue weighted by molar-refractivity contribution is 0.421. The van der Waals surface area contributed by atoms with Crippen molar-refractivity contribution in [2.75, 3.05) is 5.88 Å². The van der Waals surface area contributed by atoms with Gasteiger partial charge in [0.25, 0.3) is 0 Å². The normalized spacial score (nSPS) is 12.0. The zero-order valence-electron chi connectivity index (χ0n) is 7.23. The van der Waals surface area contributed by atoms with Gasteiger partial charge in [0, 0.05) is 10.8 Å². The van der Waals surface area contributed by atoms with Gasteiger partial charge in [-0.15, -0.1) is 22.9 Å². The summed E-state index contributed by atoms with van der Waals surface area (Å²) in [6.07, 6.45) is 1.01. The molecule has 0 atom stereocenters. The van der Waals surface area contributed by atoms with Crippen LogP contribution in [-0.4, -0.2) is 5.88 Å². The molecule has 12 heavy (non-hydrogen) atoms. The molecule has 1 rings (SSSR count). The summed E-state index contributed by atoms with van der Waals surface area (Å²) >= 11 is 13.3. The predicted molar refractivity (Wildman–Crippen MR) is 57.5 cm³/mol. The van der Waals surface area contributed by atoms with Gasteiger partial charge < -0.3 is 0 Å². The molecule has 1 aromatic rings. The van der Waals surface area contributed by atoms with Crippen molar-refractivity contribution >= 4 is 34.5 Å². The van der Waals surface area contributed by atoms with Gasteiger partial charge >= 0.3 is 0 Å². The average Bonchev–Trinajstić information content (AvgIpc) is 2.35. The van der Waals surface area contributed by atoms with Gasteiger partial charge in [-0.1, -0.05) is 25.4 Å². The predicted octanol–water partition coefficient (Wildman–Crippen LogP) is 4.21. The summed E-state index contributed by atoms with van der Waals surface area (Å²) in [5.74, 6) is 0.683. The van der Waals surface area contributed by atoms with Crippen LogP contribution in [0.25, 0.3) is 0 Å². The van der Waals surface area contributed by atoms with Crippen LogP contribution in [0.4, 0.5) is 0 Å². The van der Waals surface area contributed by atoms with Crippen molar-refractivity contribution in [3.05, 3.63) is 21.3 Å². The van der Waals surface area contributed by atoms with Gasteiger partial charge in [0.05, 0.1) is 4.34 Å². The number of halogens is 2. The molecule has 0 bridgehead atoms. The Morgan fingerprint density at radius 2 is 2.08 bits per heavy atom. The van der Waals surface area contributed by atoms with E-state index in [0.29, 0.717) is 5.88 Å². The van der Waals surface area contributed by atoms with E-state index in [1.54, 1.807) is 11.3 Å². The molecule has 3 heteroatoms. The van der Waals surface area contributed by atoms with E-state index in [9.17, 15) is 0 Å². The molecule has 0 nitrogen and oxygen atoms in total. The molecule has 1 aromatic heterocycles. The van der Waals surface area contributed by atoms with Crippen molar-refractivity contribution in [1.82, 2.24) is 0 Å². The summed E-state index contributed by atoms with van der Waals surface area (Å²) in [4.78, 5) is 1.31. The van der Waals surface area contributed by atoms with Crippen LogP contribution in [0.1, 0.15) is 18.7 Å². The number of hydrogen-bond donors (Lipinski definition) is 0. The van der Waals surface area contributed by atoms with E-state index in [1.807, 2.05) is 6.07 Å². The summed E-state index contributed by atoms with van der Waals surface area (Å²) in [5, 5.41) is 0. The number of rotatable bonds is 3. The molecule has 0 fully saturated rings. The van der Waals surface area contributed by atoms with Crippen molar-refractivity contribution < 1.29 is 0 Å². The fraction of sp³-hybridized carbons (Fsp3) is 0.556. The Bertz CT molecular complexity index is 253. The highest BCUT2D eigenvalue weighted by Crippen LogP contribution is 2.29. The smallest absolute Gasteiger partial charge is 0.0931 e. The van der Waals surface area contributed by atoms with Crippen molar-refractivity contribution in [3.63, 3.8) is 0 Å². The maximum Gasteiger partial charge on any atom is 0.0931 e. The Morgan fingerprint density at radius 3 is 2.50 bits per heavy atom. The molecule has 0 radical (unpaired) electrons. The molecule has 0 N–H and O–H groups in total. The van der Waals surface area contributed by atoms with E-state index < -0.39 is 0 Å². The van der Waals surface area contributed by atoms with Crippen LogP contribution < -0.4 is 0 Å². The first-order valence-corrected chi connectivity index (χ1v) is 5.56. The van der Waals surface area contributed by atoms with Gasteiger partial charge in [-0.25, -0.2) is 0 Å². The highest BCUT2D eigenvalue weighted by molar-refractivity contribution is 7.16. The molecule has 0 aliphatic carbocycles. The van der Waals surface area contributed by atoms with Gasteiger partial charge in [-0.3, -0.25) is 0 Å². The Morgan fingerprint density at radius 1 is 1.42 bits per heavy atom. The minimum atomic E-state index is 0.176. The maximum atomic E-state index is 5.82. The lowest BCUT2D eigenvalue weighted by atomic mass is 9.91. The van der Waals surface area contributed by atoms with Crippen LogP contribution in [0.2, 0.25) is 4.34 Å². The van der Waals surface area contributed by atoms with Crippen LogP contribution in [0.15, 0.2) is 12.1 Å². The van der Waals surface area contributed by atoms with Crippen LogP contribution in [0, 0.1) is 5.41 Å². The Hall–Kier alpha value is 0.280. The second-order valence-corrected chi connectivity index (χ2v) is 5.75. The molecule has 0 saturated carbocycles. The Balaban J connectivity index is 2.63. The minimum Gasteiger partial charge on any atom is -0.128 e. The third-order valence-corrected chi connectivity index (χ3v) is 3.60. The quantitative estimate of drug-likeness (QED) is 0.673. The number of thiophene rings is 1. The summed E-state index contributed by atoms with van der Waals surface area (Å²) in [6.45, 7) is 4.32. The van der Waals surface area contributed by atoms with E-state index >= 15 is 0 Å². The SMILES string of the molecule is CC(C)(CCl)Cc1ccc(Cl)s1. The summed E-state index contributed by atoms with van der Waals surface area (Å²) in [7, 11) is 0. The number of hydrogen-bond acceptors (Lipinski definition) is 1. The standard InChI is InChI=1S/C9H12Cl2S/c1-9(2,6-10)5-7-3-4-8(11)12-7/h3-4H,5-6H2,1-2H3. The summed E-state index contributed by atoms with van der Waals surface area (Å²) in [6, 6.07) is 4.01. The molecular formula is C9H12Cl2S. The van der Waals surface area contributed by atoms with Gasteiger partial charge in [-0.05, 0) is 24.0 Å². The molecule has 0 spiro atoms. The maximum absolute atomic E-state index is 5.82. The van der Waals surface area contributed by atoms with Gasteiger partial charge in [-0.2, -0.15) is 0 Å². The largest absolute Gasteiger partial charge is 0.128 e. The fourth-order valence-electron chi connectivity index (χ4n) is 0.966. The second kappa shape index (κ2) is 3.99. The molecule has 0 saturated heterocycles. The number of alkyl halides is 1. The van der Waals surface area contributed by atoms with Crippen LogP contribution in [0.3, 0.4) is 0 Å². The Labute approximate surface area is 87.5 Å². The summed E-state index contributed by atoms with van der Waals surface area (Å²) < 4.78 is 0.857. The topological polar surface area (TPSA) is 0 Å². The fourth-order valence-corrected chi connectivity index (χ4v) is 2.41. The molecule has 0 amide bonds. The lowest BCUT2D eigenvalue weighted by Gasteiger charge is -2.19. The van der Waals surface area contributed by atoms with Crippen LogP contribution >= 0.6 is 34.5 Å². The third kappa shape index (κ3) is 2.96. The van der Waals surface area contributed by atoms with Crippen LogP contribution in [-0.2, 0) is 6.42 Å². The Kier molecular flexibility index (Phi) is 3.45. The van der Waals surface area contributed by atoms with Gasteiger partial charge in [0.1, 0.15) is 0 Å². The van der Waals surface area contributed by atoms with E-state index in [0.717, 1.165) is 10.8 Å². The zero-order valence-corrected chi connectivity index (χ0v) is 9.56. The first kappa shape index (κ1) is 10.4. The highest BCUT2D eigenvalue weighted by atomic mass is 35.5. The first-order chi connectivity index (χ1) is 5.53. The lowest BCUT2D eigenvalue weighted by Crippen LogP contribution is -2.15. The molecular weight excluding hydrogens is 211 g/mol. The minimum absolute atomic E-state index is 0.176. The van der Waals surface area contributed by atoms with E-state index in [1.165, 1.54) is 4.88 Å². The van der Waals surface area contributed by atoms with Crippen molar-refractivity contribution in [1.29, 1.82) is 0 Å². The van der Waals surface area contributed by atoms with E-state index in [-0.39, 0.29) is 5.41 Å². The molecule has 68 valence electrons. The molecule has 0 aromatic carbocycles. The van der Waals surface area contributed by atoms with E-state index in [4.69, 9.17) is 23.2 Å². The van der Waals surface area contributed by atoms with Crippen molar-refractivity contribution in [2.24, 2.45) is 5.41 Å². The first-order valence-electron chi connectivity index (χ1n) is 3.84. The van der Waals surface area contributed by atoms with Crippen LogP contribution in [0.5, 0.6) is 0 Å².